The van der Waals surface area contributed by atoms with Crippen LogP contribution in [0.4, 0.5) is 0 Å². The van der Waals surface area contributed by atoms with Gasteiger partial charge in [-0.25, -0.2) is 0 Å². The molecule has 0 amide bonds. The van der Waals surface area contributed by atoms with Crippen molar-refractivity contribution in [1.82, 2.24) is 0 Å². The molecular weight excluding hydrogens is 312 g/mol. The Hall–Kier alpha value is -1.19. The summed E-state index contributed by atoms with van der Waals surface area (Å²) in [7, 11) is 0. The first-order chi connectivity index (χ1) is 11.6. The highest BCUT2D eigenvalue weighted by Crippen LogP contribution is 2.32. The summed E-state index contributed by atoms with van der Waals surface area (Å²) >= 11 is 0. The summed E-state index contributed by atoms with van der Waals surface area (Å²) in [5.74, 6) is 0.333. The van der Waals surface area contributed by atoms with Crippen molar-refractivity contribution in [2.45, 2.75) is 90.8 Å². The van der Waals surface area contributed by atoms with Crippen molar-refractivity contribution in [3.63, 3.8) is 0 Å². The molecule has 3 nitrogen and oxygen atoms in total. The van der Waals surface area contributed by atoms with Crippen LogP contribution in [0.2, 0.25) is 0 Å². The van der Waals surface area contributed by atoms with Crippen LogP contribution < -0.4 is 0 Å². The Morgan fingerprint density at radius 1 is 0.880 bits per heavy atom. The van der Waals surface area contributed by atoms with E-state index in [4.69, 9.17) is 0 Å². The van der Waals surface area contributed by atoms with E-state index in [1.807, 2.05) is 37.3 Å². The minimum absolute atomic E-state index is 0.333. The van der Waals surface area contributed by atoms with E-state index in [1.165, 1.54) is 0 Å². The lowest BCUT2D eigenvalue weighted by atomic mass is 9.77. The van der Waals surface area contributed by atoms with E-state index in [0.29, 0.717) is 30.5 Å². The molecule has 0 aliphatic rings. The fourth-order valence-corrected chi connectivity index (χ4v) is 3.16. The highest BCUT2D eigenvalue weighted by atomic mass is 16.5. The lowest BCUT2D eigenvalue weighted by Crippen LogP contribution is -2.36. The van der Waals surface area contributed by atoms with Crippen LogP contribution >= 0.6 is 0 Å². The van der Waals surface area contributed by atoms with Crippen LogP contribution in [-0.4, -0.2) is 22.3 Å². The number of hydrogen-bond donors (Lipinski definition) is 2. The molecule has 1 atom stereocenters. The largest absolute Gasteiger partial charge is 0.367 e. The van der Waals surface area contributed by atoms with Crippen LogP contribution in [0.25, 0.3) is 0 Å². The Balaban J connectivity index is 2.32. The Labute approximate surface area is 153 Å². The number of carbonyl (C=O) groups is 1. The van der Waals surface area contributed by atoms with Crippen molar-refractivity contribution in [1.29, 1.82) is 0 Å². The van der Waals surface area contributed by atoms with Crippen molar-refractivity contribution in [3.8, 4) is 0 Å². The maximum Gasteiger partial charge on any atom is 0.160 e. The molecule has 1 unspecified atom stereocenters. The Bertz CT molecular complexity index is 502. The maximum absolute atomic E-state index is 12.0. The molecule has 142 valence electrons. The Morgan fingerprint density at radius 2 is 1.40 bits per heavy atom. The molecule has 0 aliphatic heterocycles. The summed E-state index contributed by atoms with van der Waals surface area (Å²) in [5.41, 5.74) is 0.589. The summed E-state index contributed by atoms with van der Waals surface area (Å²) in [4.78, 5) is 12.0. The molecule has 0 spiro atoms. The van der Waals surface area contributed by atoms with Crippen molar-refractivity contribution in [3.05, 3.63) is 35.9 Å². The average molecular weight is 349 g/mol. The molecule has 0 heterocycles. The zero-order chi connectivity index (χ0) is 18.9. The average Bonchev–Trinajstić information content (AvgIpc) is 2.55. The van der Waals surface area contributed by atoms with Gasteiger partial charge in [-0.1, -0.05) is 70.9 Å². The fourth-order valence-electron chi connectivity index (χ4n) is 3.16. The van der Waals surface area contributed by atoms with Gasteiger partial charge in [0.05, 0.1) is 0 Å². The standard InChI is InChI=1S/C22H36O3/c1-21(2,3)16-10-8-14-19(23)15-9-11-17-22(4,20(24)25)18-12-6-5-7-13-18/h5-7,12-13,20,24-25H,8-11,14-17H2,1-4H3. The molecule has 1 rings (SSSR count). The lowest BCUT2D eigenvalue weighted by molar-refractivity contribution is -0.119. The first-order valence-corrected chi connectivity index (χ1v) is 9.58. The minimum atomic E-state index is -1.40. The molecule has 0 saturated carbocycles. The lowest BCUT2D eigenvalue weighted by Gasteiger charge is -2.32. The number of unbranched alkanes of at least 4 members (excludes halogenated alkanes) is 2. The van der Waals surface area contributed by atoms with Gasteiger partial charge in [-0.05, 0) is 36.7 Å². The Kier molecular flexibility index (Phi) is 8.81. The second-order valence-corrected chi connectivity index (χ2v) is 8.67. The third kappa shape index (κ3) is 8.15. The number of aliphatic hydroxyl groups excluding tert-OH is 1. The number of rotatable bonds is 11. The molecule has 3 heteroatoms. The third-order valence-electron chi connectivity index (χ3n) is 5.04. The van der Waals surface area contributed by atoms with Gasteiger partial charge in [0.15, 0.2) is 6.29 Å². The minimum Gasteiger partial charge on any atom is -0.367 e. The number of Topliss-reactive ketones (excluding diaryl/α,β-unsaturated/α-hetero) is 1. The SMILES string of the molecule is CC(C)(C)CCCCC(=O)CCCCC(C)(c1ccccc1)C(O)O. The van der Waals surface area contributed by atoms with E-state index in [9.17, 15) is 15.0 Å². The van der Waals surface area contributed by atoms with Crippen LogP contribution in [-0.2, 0) is 10.2 Å². The molecule has 0 fully saturated rings. The number of hydrogen-bond acceptors (Lipinski definition) is 3. The van der Waals surface area contributed by atoms with E-state index in [2.05, 4.69) is 20.8 Å². The summed E-state index contributed by atoms with van der Waals surface area (Å²) < 4.78 is 0. The maximum atomic E-state index is 12.0. The second-order valence-electron chi connectivity index (χ2n) is 8.67. The van der Waals surface area contributed by atoms with Crippen molar-refractivity contribution >= 4 is 5.78 Å². The Morgan fingerprint density at radius 3 is 1.88 bits per heavy atom. The molecule has 25 heavy (non-hydrogen) atoms. The van der Waals surface area contributed by atoms with Gasteiger partial charge < -0.3 is 10.2 Å². The topological polar surface area (TPSA) is 57.5 Å². The zero-order valence-corrected chi connectivity index (χ0v) is 16.4. The molecule has 1 aromatic rings. The van der Waals surface area contributed by atoms with Gasteiger partial charge in [-0.2, -0.15) is 0 Å². The number of benzene rings is 1. The normalized spacial score (nSPS) is 14.5. The van der Waals surface area contributed by atoms with E-state index in [0.717, 1.165) is 37.7 Å². The van der Waals surface area contributed by atoms with Gasteiger partial charge in [0.2, 0.25) is 0 Å². The van der Waals surface area contributed by atoms with Crippen molar-refractivity contribution < 1.29 is 15.0 Å². The molecule has 0 bridgehead atoms. The zero-order valence-electron chi connectivity index (χ0n) is 16.4. The van der Waals surface area contributed by atoms with Crippen LogP contribution in [0, 0.1) is 5.41 Å². The highest BCUT2D eigenvalue weighted by molar-refractivity contribution is 5.78. The van der Waals surface area contributed by atoms with Crippen LogP contribution in [0.15, 0.2) is 30.3 Å². The number of carbonyl (C=O) groups excluding carboxylic acids is 1. The van der Waals surface area contributed by atoms with E-state index in [-0.39, 0.29) is 0 Å². The molecule has 1 aromatic carbocycles. The van der Waals surface area contributed by atoms with Gasteiger partial charge in [0.1, 0.15) is 5.78 Å². The van der Waals surface area contributed by atoms with Crippen LogP contribution in [0.1, 0.15) is 84.6 Å². The molecule has 0 radical (unpaired) electrons. The van der Waals surface area contributed by atoms with Gasteiger partial charge in [-0.15, -0.1) is 0 Å². The van der Waals surface area contributed by atoms with Crippen LogP contribution in [0.3, 0.4) is 0 Å². The summed E-state index contributed by atoms with van der Waals surface area (Å²) in [5, 5.41) is 19.7. The van der Waals surface area contributed by atoms with Gasteiger partial charge in [0, 0.05) is 18.3 Å². The molecular formula is C22H36O3. The summed E-state index contributed by atoms with van der Waals surface area (Å²) in [6.45, 7) is 8.57. The van der Waals surface area contributed by atoms with Crippen molar-refractivity contribution in [2.24, 2.45) is 5.41 Å². The van der Waals surface area contributed by atoms with E-state index >= 15 is 0 Å². The van der Waals surface area contributed by atoms with Gasteiger partial charge >= 0.3 is 0 Å². The van der Waals surface area contributed by atoms with Gasteiger partial charge in [0.25, 0.3) is 0 Å². The summed E-state index contributed by atoms with van der Waals surface area (Å²) in [6.07, 6.45) is 5.41. The number of aliphatic hydroxyl groups is 2. The van der Waals surface area contributed by atoms with E-state index in [1.54, 1.807) is 0 Å². The van der Waals surface area contributed by atoms with Crippen LogP contribution in [0.5, 0.6) is 0 Å². The highest BCUT2D eigenvalue weighted by Gasteiger charge is 2.33. The first-order valence-electron chi connectivity index (χ1n) is 9.58. The van der Waals surface area contributed by atoms with E-state index < -0.39 is 11.7 Å². The molecule has 0 aliphatic carbocycles. The smallest absolute Gasteiger partial charge is 0.160 e. The summed E-state index contributed by atoms with van der Waals surface area (Å²) in [6, 6.07) is 9.61. The first kappa shape index (κ1) is 21.9. The molecule has 0 aromatic heterocycles. The molecule has 2 N–H and O–H groups in total. The predicted octanol–water partition coefficient (Wildman–Crippen LogP) is 4.99. The molecule has 0 saturated heterocycles. The second kappa shape index (κ2) is 10.1. The fraction of sp³-hybridized carbons (Fsp3) is 0.682. The predicted molar refractivity (Wildman–Crippen MR) is 103 cm³/mol. The van der Waals surface area contributed by atoms with Crippen molar-refractivity contribution in [2.75, 3.05) is 0 Å². The quantitative estimate of drug-likeness (QED) is 0.437. The third-order valence-corrected chi connectivity index (χ3v) is 5.04. The number of ketones is 1. The monoisotopic (exact) mass is 348 g/mol. The van der Waals surface area contributed by atoms with Gasteiger partial charge in [-0.3, -0.25) is 4.79 Å².